The van der Waals surface area contributed by atoms with Crippen molar-refractivity contribution in [3.63, 3.8) is 0 Å². The van der Waals surface area contributed by atoms with E-state index in [0.717, 1.165) is 5.69 Å². The summed E-state index contributed by atoms with van der Waals surface area (Å²) in [4.78, 5) is 11.6. The molecule has 0 radical (unpaired) electrons. The van der Waals surface area contributed by atoms with Crippen LogP contribution < -0.4 is 10.6 Å². The van der Waals surface area contributed by atoms with Crippen molar-refractivity contribution in [3.05, 3.63) is 83.4 Å². The summed E-state index contributed by atoms with van der Waals surface area (Å²) in [6, 6.07) is 22.8. The number of carbonyl (C=O) groups excluding carboxylic acids is 1. The molecule has 0 saturated heterocycles. The number of carbonyl (C=O) groups is 1. The SMILES string of the molecule is CC(=O)Nc1cc(NCc2ccccc2)ccc1N=Nc1ccccc1Cl. The maximum atomic E-state index is 11.6. The van der Waals surface area contributed by atoms with Crippen molar-refractivity contribution in [3.8, 4) is 0 Å². The minimum Gasteiger partial charge on any atom is -0.381 e. The van der Waals surface area contributed by atoms with Crippen molar-refractivity contribution in [2.75, 3.05) is 10.6 Å². The number of hydrogen-bond acceptors (Lipinski definition) is 4. The van der Waals surface area contributed by atoms with E-state index in [-0.39, 0.29) is 5.91 Å². The normalized spacial score (nSPS) is 10.7. The van der Waals surface area contributed by atoms with E-state index in [0.29, 0.717) is 28.6 Å². The summed E-state index contributed by atoms with van der Waals surface area (Å²) >= 11 is 6.11. The number of nitrogens with one attached hydrogen (secondary N) is 2. The van der Waals surface area contributed by atoms with Crippen LogP contribution in [0.25, 0.3) is 0 Å². The van der Waals surface area contributed by atoms with Gasteiger partial charge in [0.25, 0.3) is 0 Å². The van der Waals surface area contributed by atoms with Gasteiger partial charge >= 0.3 is 0 Å². The molecule has 0 aromatic heterocycles. The van der Waals surface area contributed by atoms with Crippen LogP contribution in [0.4, 0.5) is 22.7 Å². The van der Waals surface area contributed by atoms with Crippen LogP contribution in [0.5, 0.6) is 0 Å². The molecule has 0 aliphatic carbocycles. The van der Waals surface area contributed by atoms with Gasteiger partial charge < -0.3 is 10.6 Å². The monoisotopic (exact) mass is 378 g/mol. The van der Waals surface area contributed by atoms with E-state index in [9.17, 15) is 4.79 Å². The Kier molecular flexibility index (Phi) is 6.18. The van der Waals surface area contributed by atoms with Crippen LogP contribution in [0.1, 0.15) is 12.5 Å². The molecule has 0 atom stereocenters. The second-order valence-corrected chi connectivity index (χ2v) is 6.31. The molecule has 0 heterocycles. The van der Waals surface area contributed by atoms with Crippen LogP contribution in [0.2, 0.25) is 5.02 Å². The number of rotatable bonds is 6. The molecule has 0 bridgehead atoms. The zero-order valence-electron chi connectivity index (χ0n) is 14.8. The second kappa shape index (κ2) is 8.96. The smallest absolute Gasteiger partial charge is 0.221 e. The maximum absolute atomic E-state index is 11.6. The fraction of sp³-hybridized carbons (Fsp3) is 0.0952. The molecule has 0 unspecified atom stereocenters. The summed E-state index contributed by atoms with van der Waals surface area (Å²) in [5.74, 6) is -0.176. The molecular formula is C21H19ClN4O. The molecule has 0 saturated carbocycles. The van der Waals surface area contributed by atoms with E-state index in [1.165, 1.54) is 12.5 Å². The number of benzene rings is 3. The van der Waals surface area contributed by atoms with Crippen molar-refractivity contribution in [1.82, 2.24) is 0 Å². The zero-order valence-corrected chi connectivity index (χ0v) is 15.6. The number of nitrogens with zero attached hydrogens (tertiary/aromatic N) is 2. The molecule has 27 heavy (non-hydrogen) atoms. The van der Waals surface area contributed by atoms with Gasteiger partial charge in [-0.25, -0.2) is 0 Å². The van der Waals surface area contributed by atoms with Gasteiger partial charge in [0.2, 0.25) is 5.91 Å². The Labute approximate surface area is 163 Å². The Morgan fingerprint density at radius 2 is 1.63 bits per heavy atom. The highest BCUT2D eigenvalue weighted by atomic mass is 35.5. The fourth-order valence-corrected chi connectivity index (χ4v) is 2.64. The minimum absolute atomic E-state index is 0.176. The third-order valence-electron chi connectivity index (χ3n) is 3.76. The Morgan fingerprint density at radius 1 is 0.926 bits per heavy atom. The quantitative estimate of drug-likeness (QED) is 0.492. The standard InChI is InChI=1S/C21H19ClN4O/c1-15(27)24-21-13-17(23-14-16-7-3-2-4-8-16)11-12-20(21)26-25-19-10-6-5-9-18(19)22/h2-13,23H,14H2,1H3,(H,24,27). The molecule has 2 N–H and O–H groups in total. The van der Waals surface area contributed by atoms with E-state index in [4.69, 9.17) is 11.6 Å². The van der Waals surface area contributed by atoms with E-state index in [1.54, 1.807) is 18.2 Å². The molecule has 0 spiro atoms. The van der Waals surface area contributed by atoms with Gasteiger partial charge in [-0.05, 0) is 35.9 Å². The second-order valence-electron chi connectivity index (χ2n) is 5.90. The zero-order chi connectivity index (χ0) is 19.1. The van der Waals surface area contributed by atoms with Gasteiger partial charge in [0.1, 0.15) is 11.4 Å². The van der Waals surface area contributed by atoms with Gasteiger partial charge in [0, 0.05) is 19.2 Å². The third kappa shape index (κ3) is 5.39. The number of anilines is 2. The average molecular weight is 379 g/mol. The lowest BCUT2D eigenvalue weighted by atomic mass is 10.2. The van der Waals surface area contributed by atoms with E-state index >= 15 is 0 Å². The van der Waals surface area contributed by atoms with E-state index in [1.807, 2.05) is 54.6 Å². The van der Waals surface area contributed by atoms with Crippen LogP contribution in [-0.4, -0.2) is 5.91 Å². The summed E-state index contributed by atoms with van der Waals surface area (Å²) in [6.07, 6.45) is 0. The Bertz CT molecular complexity index is 957. The van der Waals surface area contributed by atoms with E-state index in [2.05, 4.69) is 20.9 Å². The fourth-order valence-electron chi connectivity index (χ4n) is 2.46. The predicted octanol–water partition coefficient (Wildman–Crippen LogP) is 6.33. The first-order valence-corrected chi connectivity index (χ1v) is 8.85. The first-order chi connectivity index (χ1) is 13.1. The molecule has 5 nitrogen and oxygen atoms in total. The van der Waals surface area contributed by atoms with Gasteiger partial charge in [0.05, 0.1) is 10.7 Å². The van der Waals surface area contributed by atoms with Crippen LogP contribution in [0, 0.1) is 0 Å². The lowest BCUT2D eigenvalue weighted by Crippen LogP contribution is -2.07. The van der Waals surface area contributed by atoms with Crippen molar-refractivity contribution in [1.29, 1.82) is 0 Å². The summed E-state index contributed by atoms with van der Waals surface area (Å²) < 4.78 is 0. The molecule has 3 aromatic rings. The van der Waals surface area contributed by atoms with Crippen LogP contribution >= 0.6 is 11.6 Å². The molecule has 3 rings (SSSR count). The highest BCUT2D eigenvalue weighted by Gasteiger charge is 2.06. The maximum Gasteiger partial charge on any atom is 0.221 e. The van der Waals surface area contributed by atoms with Gasteiger partial charge in [-0.1, -0.05) is 54.1 Å². The topological polar surface area (TPSA) is 65.8 Å². The lowest BCUT2D eigenvalue weighted by molar-refractivity contribution is -0.114. The van der Waals surface area contributed by atoms with Crippen molar-refractivity contribution < 1.29 is 4.79 Å². The highest BCUT2D eigenvalue weighted by molar-refractivity contribution is 6.32. The van der Waals surface area contributed by atoms with Crippen molar-refractivity contribution in [2.24, 2.45) is 10.2 Å². The van der Waals surface area contributed by atoms with E-state index < -0.39 is 0 Å². The molecule has 0 aliphatic rings. The Hall–Kier alpha value is -3.18. The molecule has 136 valence electrons. The highest BCUT2D eigenvalue weighted by Crippen LogP contribution is 2.32. The number of halogens is 1. The number of azo groups is 1. The first kappa shape index (κ1) is 18.6. The predicted molar refractivity (Wildman–Crippen MR) is 110 cm³/mol. The average Bonchev–Trinajstić information content (AvgIpc) is 2.67. The Balaban J connectivity index is 1.81. The van der Waals surface area contributed by atoms with Gasteiger partial charge in [-0.15, -0.1) is 10.2 Å². The number of amides is 1. The van der Waals surface area contributed by atoms with Crippen molar-refractivity contribution in [2.45, 2.75) is 13.5 Å². The largest absolute Gasteiger partial charge is 0.381 e. The van der Waals surface area contributed by atoms with Crippen LogP contribution in [0.15, 0.2) is 83.0 Å². The summed E-state index contributed by atoms with van der Waals surface area (Å²) in [7, 11) is 0. The lowest BCUT2D eigenvalue weighted by Gasteiger charge is -2.11. The van der Waals surface area contributed by atoms with Crippen LogP contribution in [-0.2, 0) is 11.3 Å². The van der Waals surface area contributed by atoms with Crippen molar-refractivity contribution >= 4 is 40.3 Å². The van der Waals surface area contributed by atoms with Gasteiger partial charge in [0.15, 0.2) is 0 Å². The molecule has 0 fully saturated rings. The summed E-state index contributed by atoms with van der Waals surface area (Å²) in [6.45, 7) is 2.14. The molecule has 3 aromatic carbocycles. The first-order valence-electron chi connectivity index (χ1n) is 8.47. The Morgan fingerprint density at radius 3 is 2.37 bits per heavy atom. The molecular weight excluding hydrogens is 360 g/mol. The van der Waals surface area contributed by atoms with Gasteiger partial charge in [-0.3, -0.25) is 4.79 Å². The van der Waals surface area contributed by atoms with Crippen LogP contribution in [0.3, 0.4) is 0 Å². The summed E-state index contributed by atoms with van der Waals surface area (Å²) in [5, 5.41) is 15.1. The summed E-state index contributed by atoms with van der Waals surface area (Å²) in [5.41, 5.74) is 3.74. The molecule has 6 heteroatoms. The molecule has 0 aliphatic heterocycles. The minimum atomic E-state index is -0.176. The molecule has 1 amide bonds. The third-order valence-corrected chi connectivity index (χ3v) is 4.08. The number of hydrogen-bond donors (Lipinski definition) is 2. The van der Waals surface area contributed by atoms with Gasteiger partial charge in [-0.2, -0.15) is 0 Å².